The molecule has 0 aliphatic carbocycles. The van der Waals surface area contributed by atoms with Gasteiger partial charge in [0, 0.05) is 18.1 Å². The number of ether oxygens (including phenoxy) is 1. The van der Waals surface area contributed by atoms with Crippen LogP contribution in [0.25, 0.3) is 0 Å². The fraction of sp³-hybridized carbons (Fsp3) is 0.385. The third kappa shape index (κ3) is 5.19. The van der Waals surface area contributed by atoms with Crippen molar-refractivity contribution in [1.82, 2.24) is 4.90 Å². The molecule has 0 saturated carbocycles. The maximum Gasteiger partial charge on any atom is 0.119 e. The summed E-state index contributed by atoms with van der Waals surface area (Å²) >= 11 is 5.71. The van der Waals surface area contributed by atoms with E-state index in [1.807, 2.05) is 31.3 Å². The van der Waals surface area contributed by atoms with E-state index in [0.717, 1.165) is 12.3 Å². The molecular weight excluding hydrogens is 222 g/mol. The number of aryl methyl sites for hydroxylation is 1. The van der Waals surface area contributed by atoms with Gasteiger partial charge >= 0.3 is 0 Å². The average Bonchev–Trinajstić information content (AvgIpc) is 2.20. The van der Waals surface area contributed by atoms with Gasteiger partial charge in [0.05, 0.1) is 0 Å². The number of benzene rings is 1. The predicted octanol–water partition coefficient (Wildman–Crippen LogP) is 3.06. The highest BCUT2D eigenvalue weighted by atomic mass is 35.5. The smallest absolute Gasteiger partial charge is 0.119 e. The minimum absolute atomic E-state index is 0.651. The molecule has 1 rings (SSSR count). The summed E-state index contributed by atoms with van der Waals surface area (Å²) in [6.45, 7) is 7.90. The van der Waals surface area contributed by atoms with Crippen molar-refractivity contribution in [3.63, 3.8) is 0 Å². The number of likely N-dealkylation sites (N-methyl/N-ethyl adjacent to an activating group) is 1. The van der Waals surface area contributed by atoms with Gasteiger partial charge in [-0.2, -0.15) is 0 Å². The van der Waals surface area contributed by atoms with Crippen molar-refractivity contribution in [2.45, 2.75) is 6.92 Å². The highest BCUT2D eigenvalue weighted by Gasteiger charge is 1.99. The largest absolute Gasteiger partial charge is 0.492 e. The van der Waals surface area contributed by atoms with E-state index in [2.05, 4.69) is 18.4 Å². The van der Waals surface area contributed by atoms with Crippen LogP contribution in [0, 0.1) is 6.92 Å². The van der Waals surface area contributed by atoms with E-state index < -0.39 is 0 Å². The third-order valence-electron chi connectivity index (χ3n) is 2.20. The topological polar surface area (TPSA) is 12.5 Å². The Hall–Kier alpha value is -0.990. The number of hydrogen-bond acceptors (Lipinski definition) is 2. The molecule has 0 atom stereocenters. The first-order valence-electron chi connectivity index (χ1n) is 5.29. The van der Waals surface area contributed by atoms with E-state index in [0.29, 0.717) is 18.2 Å². The first-order chi connectivity index (χ1) is 7.58. The Morgan fingerprint density at radius 3 is 2.56 bits per heavy atom. The first kappa shape index (κ1) is 13.1. The summed E-state index contributed by atoms with van der Waals surface area (Å²) in [5.74, 6) is 0.906. The molecule has 0 unspecified atom stereocenters. The molecule has 0 spiro atoms. The lowest BCUT2D eigenvalue weighted by Crippen LogP contribution is -2.25. The number of nitrogens with zero attached hydrogens (tertiary/aromatic N) is 1. The molecule has 1 aromatic rings. The van der Waals surface area contributed by atoms with Crippen LogP contribution in [-0.2, 0) is 0 Å². The monoisotopic (exact) mass is 239 g/mol. The minimum Gasteiger partial charge on any atom is -0.492 e. The molecule has 0 fully saturated rings. The van der Waals surface area contributed by atoms with Crippen LogP contribution in [-0.4, -0.2) is 31.6 Å². The van der Waals surface area contributed by atoms with E-state index >= 15 is 0 Å². The van der Waals surface area contributed by atoms with Crippen molar-refractivity contribution in [1.29, 1.82) is 0 Å². The van der Waals surface area contributed by atoms with Crippen LogP contribution in [0.4, 0.5) is 0 Å². The number of halogens is 1. The Morgan fingerprint density at radius 2 is 2.00 bits per heavy atom. The molecule has 0 aromatic heterocycles. The SMILES string of the molecule is C=C(Cl)CN(C)CCOc1ccc(C)cc1. The van der Waals surface area contributed by atoms with Crippen molar-refractivity contribution < 1.29 is 4.74 Å². The fourth-order valence-corrected chi connectivity index (χ4v) is 1.53. The molecule has 0 amide bonds. The minimum atomic E-state index is 0.651. The Labute approximate surface area is 102 Å². The maximum absolute atomic E-state index is 5.71. The zero-order valence-electron chi connectivity index (χ0n) is 9.87. The van der Waals surface area contributed by atoms with Gasteiger partial charge in [0.25, 0.3) is 0 Å². The Kier molecular flexibility index (Phi) is 5.36. The molecule has 16 heavy (non-hydrogen) atoms. The molecule has 0 aliphatic heterocycles. The lowest BCUT2D eigenvalue weighted by atomic mass is 10.2. The van der Waals surface area contributed by atoms with Gasteiger partial charge < -0.3 is 4.74 Å². The quantitative estimate of drug-likeness (QED) is 0.757. The van der Waals surface area contributed by atoms with Crippen molar-refractivity contribution >= 4 is 11.6 Å². The van der Waals surface area contributed by atoms with E-state index in [1.165, 1.54) is 5.56 Å². The third-order valence-corrected chi connectivity index (χ3v) is 2.32. The van der Waals surface area contributed by atoms with Crippen LogP contribution in [0.2, 0.25) is 0 Å². The van der Waals surface area contributed by atoms with E-state index in [9.17, 15) is 0 Å². The average molecular weight is 240 g/mol. The first-order valence-corrected chi connectivity index (χ1v) is 5.67. The van der Waals surface area contributed by atoms with Gasteiger partial charge in [-0.15, -0.1) is 0 Å². The lowest BCUT2D eigenvalue weighted by molar-refractivity contribution is 0.249. The van der Waals surface area contributed by atoms with E-state index in [-0.39, 0.29) is 0 Å². The van der Waals surface area contributed by atoms with Crippen LogP contribution < -0.4 is 4.74 Å². The molecule has 3 heteroatoms. The van der Waals surface area contributed by atoms with Crippen LogP contribution in [0.1, 0.15) is 5.56 Å². The van der Waals surface area contributed by atoms with E-state index in [1.54, 1.807) is 0 Å². The highest BCUT2D eigenvalue weighted by molar-refractivity contribution is 6.29. The Bertz CT molecular complexity index is 334. The standard InChI is InChI=1S/C13H18ClNO/c1-11-4-6-13(7-5-11)16-9-8-15(3)10-12(2)14/h4-7H,2,8-10H2,1,3H3. The Balaban J connectivity index is 2.25. The zero-order valence-corrected chi connectivity index (χ0v) is 10.6. The van der Waals surface area contributed by atoms with Crippen molar-refractivity contribution in [3.8, 4) is 5.75 Å². The lowest BCUT2D eigenvalue weighted by Gasteiger charge is -2.16. The summed E-state index contributed by atoms with van der Waals surface area (Å²) in [6.07, 6.45) is 0. The normalized spacial score (nSPS) is 10.5. The predicted molar refractivity (Wildman–Crippen MR) is 69.2 cm³/mol. The number of rotatable bonds is 6. The van der Waals surface area contributed by atoms with Crippen molar-refractivity contribution in [2.24, 2.45) is 0 Å². The summed E-state index contributed by atoms with van der Waals surface area (Å²) in [5.41, 5.74) is 1.24. The summed E-state index contributed by atoms with van der Waals surface area (Å²) in [6, 6.07) is 8.05. The van der Waals surface area contributed by atoms with Gasteiger partial charge in [-0.1, -0.05) is 35.9 Å². The Morgan fingerprint density at radius 1 is 1.38 bits per heavy atom. The highest BCUT2D eigenvalue weighted by Crippen LogP contribution is 2.11. The molecule has 0 N–H and O–H groups in total. The molecule has 0 heterocycles. The van der Waals surface area contributed by atoms with Gasteiger partial charge in [0.1, 0.15) is 12.4 Å². The van der Waals surface area contributed by atoms with E-state index in [4.69, 9.17) is 16.3 Å². The summed E-state index contributed by atoms with van der Waals surface area (Å²) in [7, 11) is 1.99. The molecule has 1 aromatic carbocycles. The molecule has 0 radical (unpaired) electrons. The second kappa shape index (κ2) is 6.56. The van der Waals surface area contributed by atoms with Gasteiger partial charge in [-0.25, -0.2) is 0 Å². The second-order valence-electron chi connectivity index (χ2n) is 3.92. The van der Waals surface area contributed by atoms with Gasteiger partial charge in [-0.05, 0) is 26.1 Å². The summed E-state index contributed by atoms with van der Waals surface area (Å²) in [4.78, 5) is 2.07. The van der Waals surface area contributed by atoms with Crippen LogP contribution in [0.15, 0.2) is 35.9 Å². The van der Waals surface area contributed by atoms with Crippen LogP contribution in [0.5, 0.6) is 5.75 Å². The van der Waals surface area contributed by atoms with Gasteiger partial charge in [0.2, 0.25) is 0 Å². The van der Waals surface area contributed by atoms with Crippen molar-refractivity contribution in [3.05, 3.63) is 41.4 Å². The zero-order chi connectivity index (χ0) is 12.0. The second-order valence-corrected chi connectivity index (χ2v) is 4.45. The molecule has 0 bridgehead atoms. The van der Waals surface area contributed by atoms with Crippen LogP contribution >= 0.6 is 11.6 Å². The fourth-order valence-electron chi connectivity index (χ4n) is 1.33. The van der Waals surface area contributed by atoms with Crippen molar-refractivity contribution in [2.75, 3.05) is 26.7 Å². The summed E-state index contributed by atoms with van der Waals surface area (Å²) < 4.78 is 5.60. The van der Waals surface area contributed by atoms with Gasteiger partial charge in [0.15, 0.2) is 0 Å². The molecule has 2 nitrogen and oxygen atoms in total. The number of hydrogen-bond donors (Lipinski definition) is 0. The van der Waals surface area contributed by atoms with Crippen LogP contribution in [0.3, 0.4) is 0 Å². The van der Waals surface area contributed by atoms with Gasteiger partial charge in [-0.3, -0.25) is 4.90 Å². The maximum atomic E-state index is 5.71. The molecular formula is C13H18ClNO. The molecule has 0 saturated heterocycles. The molecule has 88 valence electrons. The summed E-state index contributed by atoms with van der Waals surface area (Å²) in [5, 5.41) is 0.651. The molecule has 0 aliphatic rings.